The van der Waals surface area contributed by atoms with Crippen molar-refractivity contribution in [2.75, 3.05) is 31.3 Å². The molecule has 1 spiro atoms. The molecular weight excluding hydrogens is 662 g/mol. The van der Waals surface area contributed by atoms with Crippen LogP contribution >= 0.6 is 11.6 Å². The summed E-state index contributed by atoms with van der Waals surface area (Å²) in [7, 11) is -3.31. The summed E-state index contributed by atoms with van der Waals surface area (Å²) in [4.78, 5) is 17.5. The van der Waals surface area contributed by atoms with E-state index in [0.717, 1.165) is 49.8 Å². The highest BCUT2D eigenvalue weighted by Gasteiger charge is 2.54. The van der Waals surface area contributed by atoms with Gasteiger partial charge < -0.3 is 19.9 Å². The van der Waals surface area contributed by atoms with Crippen molar-refractivity contribution in [1.29, 1.82) is 0 Å². The summed E-state index contributed by atoms with van der Waals surface area (Å²) in [5, 5.41) is 14.5. The Balaban J connectivity index is 1.23. The first-order valence-electron chi connectivity index (χ1n) is 17.5. The number of hydrogen-bond donors (Lipinski definition) is 3. The molecule has 0 radical (unpaired) electrons. The molecule has 0 aliphatic heterocycles. The second kappa shape index (κ2) is 14.5. The number of carboxylic acid groups (broad SMARTS) is 1. The van der Waals surface area contributed by atoms with E-state index in [9.17, 15) is 18.3 Å². The van der Waals surface area contributed by atoms with Gasteiger partial charge >= 0.3 is 5.97 Å². The summed E-state index contributed by atoms with van der Waals surface area (Å²) in [5.41, 5.74) is 4.27. The minimum absolute atomic E-state index is 0.178. The second-order valence-electron chi connectivity index (χ2n) is 14.5. The largest absolute Gasteiger partial charge is 0.493 e. The number of hydrogen-bond acceptors (Lipinski definition) is 7. The molecule has 3 aliphatic carbocycles. The maximum absolute atomic E-state index is 12.9. The van der Waals surface area contributed by atoms with Crippen molar-refractivity contribution in [3.05, 3.63) is 82.1 Å². The van der Waals surface area contributed by atoms with E-state index in [-0.39, 0.29) is 24.5 Å². The number of fused-ring (bicyclic) bond motifs is 3. The van der Waals surface area contributed by atoms with Gasteiger partial charge in [-0.05, 0) is 128 Å². The van der Waals surface area contributed by atoms with Crippen molar-refractivity contribution in [2.45, 2.75) is 88.5 Å². The lowest BCUT2D eigenvalue weighted by Crippen LogP contribution is -2.53. The second-order valence-corrected chi connectivity index (χ2v) is 16.8. The molecule has 1 saturated carbocycles. The van der Waals surface area contributed by atoms with Gasteiger partial charge in [-0.25, -0.2) is 17.9 Å². The lowest BCUT2D eigenvalue weighted by molar-refractivity contribution is -0.144. The summed E-state index contributed by atoms with van der Waals surface area (Å²) in [6, 6.07) is 15.4. The highest BCUT2D eigenvalue weighted by atomic mass is 35.5. The van der Waals surface area contributed by atoms with Crippen molar-refractivity contribution in [3.8, 4) is 11.5 Å². The number of carbonyl (C=O) groups is 1. The zero-order chi connectivity index (χ0) is 34.8. The number of aryl methyl sites for hydroxylation is 1. The molecule has 3 atom stereocenters. The Hall–Kier alpha value is -3.34. The number of rotatable bonds is 13. The van der Waals surface area contributed by atoms with E-state index < -0.39 is 21.5 Å². The molecule has 6 rings (SSSR count). The smallest absolute Gasteiger partial charge is 0.329 e. The van der Waals surface area contributed by atoms with Crippen molar-refractivity contribution >= 4 is 33.3 Å². The monoisotopic (exact) mass is 709 g/mol. The van der Waals surface area contributed by atoms with Crippen molar-refractivity contribution in [2.24, 2.45) is 11.8 Å². The number of sulfonamides is 1. The molecule has 0 bridgehead atoms. The number of halogens is 1. The summed E-state index contributed by atoms with van der Waals surface area (Å²) in [6.07, 6.45) is 10.5. The Kier molecular flexibility index (Phi) is 10.5. The maximum atomic E-state index is 12.9. The minimum atomic E-state index is -3.31. The number of nitrogens with zero attached hydrogens (tertiary/aromatic N) is 1. The van der Waals surface area contributed by atoms with Gasteiger partial charge in [-0.2, -0.15) is 0 Å². The van der Waals surface area contributed by atoms with E-state index in [2.05, 4.69) is 41.0 Å². The van der Waals surface area contributed by atoms with Crippen LogP contribution in [0.1, 0.15) is 87.1 Å². The molecule has 9 nitrogen and oxygen atoms in total. The molecule has 3 N–H and O–H groups in total. The first-order valence-corrected chi connectivity index (χ1v) is 19.7. The average molecular weight is 710 g/mol. The van der Waals surface area contributed by atoms with Gasteiger partial charge in [-0.1, -0.05) is 37.6 Å². The molecule has 0 saturated heterocycles. The fourth-order valence-corrected chi connectivity index (χ4v) is 9.21. The number of ether oxygens (including phenoxy) is 2. The van der Waals surface area contributed by atoms with Gasteiger partial charge in [-0.15, -0.1) is 0 Å². The van der Waals surface area contributed by atoms with Gasteiger partial charge in [0.05, 0.1) is 12.9 Å². The summed E-state index contributed by atoms with van der Waals surface area (Å²) in [6.45, 7) is 5.50. The molecule has 1 unspecified atom stereocenters. The van der Waals surface area contributed by atoms with Crippen LogP contribution in [-0.4, -0.2) is 56.0 Å². The van der Waals surface area contributed by atoms with Crippen molar-refractivity contribution < 1.29 is 27.8 Å². The number of anilines is 1. The molecule has 0 amide bonds. The highest BCUT2D eigenvalue weighted by molar-refractivity contribution is 7.88. The number of carboxylic acids is 1. The normalized spacial score (nSPS) is 25.3. The third kappa shape index (κ3) is 7.86. The Labute approximate surface area is 295 Å². The fourth-order valence-electron chi connectivity index (χ4n) is 8.56. The summed E-state index contributed by atoms with van der Waals surface area (Å²) >= 11 is 6.25. The van der Waals surface area contributed by atoms with Crippen molar-refractivity contribution in [3.63, 3.8) is 0 Å². The molecular formula is C38H48ClN3O6S. The maximum Gasteiger partial charge on any atom is 0.329 e. The SMILES string of the molecule is C[C@@H](COc1ccnc2c1[C@H](C)CCC2)CC1Cc2ccc(OCCNS(C)(=O)=O)cc2C12CCC(Nc1cccc(Cl)c1)(C(=O)O)CC2. The van der Waals surface area contributed by atoms with Gasteiger partial charge in [0.2, 0.25) is 10.0 Å². The quantitative estimate of drug-likeness (QED) is 0.160. The van der Waals surface area contributed by atoms with E-state index in [0.29, 0.717) is 60.6 Å². The predicted molar refractivity (Wildman–Crippen MR) is 192 cm³/mol. The van der Waals surface area contributed by atoms with Gasteiger partial charge in [0, 0.05) is 34.7 Å². The van der Waals surface area contributed by atoms with Crippen LogP contribution in [0.15, 0.2) is 54.7 Å². The van der Waals surface area contributed by atoms with Crippen LogP contribution in [0.2, 0.25) is 5.02 Å². The van der Waals surface area contributed by atoms with E-state index in [1.165, 1.54) is 16.7 Å². The van der Waals surface area contributed by atoms with Crippen LogP contribution in [0.3, 0.4) is 0 Å². The van der Waals surface area contributed by atoms with Crippen LogP contribution in [0, 0.1) is 11.8 Å². The zero-order valence-electron chi connectivity index (χ0n) is 28.6. The molecule has 2 aromatic carbocycles. The first kappa shape index (κ1) is 35.5. The predicted octanol–water partition coefficient (Wildman–Crippen LogP) is 7.13. The van der Waals surface area contributed by atoms with Crippen LogP contribution in [0.5, 0.6) is 11.5 Å². The number of benzene rings is 2. The third-order valence-corrected chi connectivity index (χ3v) is 12.0. The van der Waals surface area contributed by atoms with E-state index in [1.54, 1.807) is 12.1 Å². The zero-order valence-corrected chi connectivity index (χ0v) is 30.2. The molecule has 1 heterocycles. The molecule has 3 aliphatic rings. The number of pyridine rings is 1. The highest BCUT2D eigenvalue weighted by Crippen LogP contribution is 2.56. The van der Waals surface area contributed by atoms with Gasteiger partial charge in [0.15, 0.2) is 0 Å². The summed E-state index contributed by atoms with van der Waals surface area (Å²) in [5.74, 6) is 1.79. The number of nitrogens with one attached hydrogen (secondary N) is 2. The van der Waals surface area contributed by atoms with Crippen molar-refractivity contribution in [1.82, 2.24) is 9.71 Å². The van der Waals surface area contributed by atoms with Gasteiger partial charge in [-0.3, -0.25) is 4.98 Å². The minimum Gasteiger partial charge on any atom is -0.493 e. The Morgan fingerprint density at radius 1 is 1.12 bits per heavy atom. The molecule has 1 fully saturated rings. The van der Waals surface area contributed by atoms with E-state index in [4.69, 9.17) is 21.1 Å². The molecule has 11 heteroatoms. The topological polar surface area (TPSA) is 127 Å². The number of aromatic nitrogens is 1. The molecule has 49 heavy (non-hydrogen) atoms. The first-order chi connectivity index (χ1) is 23.4. The molecule has 3 aromatic rings. The average Bonchev–Trinajstić information content (AvgIpc) is 3.34. The van der Waals surface area contributed by atoms with Crippen LogP contribution < -0.4 is 19.5 Å². The Morgan fingerprint density at radius 2 is 1.92 bits per heavy atom. The lowest BCUT2D eigenvalue weighted by atomic mass is 9.59. The van der Waals surface area contributed by atoms with Crippen LogP contribution in [0.4, 0.5) is 5.69 Å². The molecule has 264 valence electrons. The van der Waals surface area contributed by atoms with Gasteiger partial charge in [0.25, 0.3) is 0 Å². The van der Waals surface area contributed by atoms with Gasteiger partial charge in [0.1, 0.15) is 23.6 Å². The van der Waals surface area contributed by atoms with Crippen LogP contribution in [0.25, 0.3) is 0 Å². The van der Waals surface area contributed by atoms with E-state index >= 15 is 0 Å². The fraction of sp³-hybridized carbons (Fsp3) is 0.526. The van der Waals surface area contributed by atoms with Crippen LogP contribution in [-0.2, 0) is 33.1 Å². The summed E-state index contributed by atoms with van der Waals surface area (Å²) < 4.78 is 38.1. The standard InChI is InChI=1S/C38H48ClN3O6S/c1-25(24-48-34-12-17-40-33-9-4-6-26(2)35(33)34)20-28-21-27-10-11-31(47-19-18-41-49(3,45)46)23-32(27)37(28)13-15-38(16-14-37,36(43)44)42-30-8-5-7-29(39)22-30/h5,7-8,10-12,17,22-23,25-26,28,41-42H,4,6,9,13-16,18-21,24H2,1-3H3,(H,43,44)/t25-,26-,28?,37?,38?/m1/s1. The third-order valence-electron chi connectivity index (χ3n) is 11.0. The Bertz CT molecular complexity index is 1770. The molecule has 1 aromatic heterocycles. The number of aliphatic carboxylic acids is 1. The van der Waals surface area contributed by atoms with E-state index in [1.807, 2.05) is 30.5 Å². The Morgan fingerprint density at radius 3 is 2.65 bits per heavy atom. The lowest BCUT2D eigenvalue weighted by Gasteiger charge is -2.47.